The molecule has 0 bridgehead atoms. The van der Waals surface area contributed by atoms with E-state index in [4.69, 9.17) is 4.74 Å². The van der Waals surface area contributed by atoms with E-state index < -0.39 is 0 Å². The Hall–Kier alpha value is -1.39. The molecule has 0 fully saturated rings. The zero-order valence-electron chi connectivity index (χ0n) is 9.98. The number of unbranched alkanes of at least 4 members (excludes halogenated alkanes) is 2. The van der Waals surface area contributed by atoms with E-state index in [0.29, 0.717) is 12.3 Å². The molecule has 1 aromatic heterocycles. The van der Waals surface area contributed by atoms with Crippen LogP contribution >= 0.6 is 0 Å². The van der Waals surface area contributed by atoms with Gasteiger partial charge in [0.1, 0.15) is 0 Å². The quantitative estimate of drug-likeness (QED) is 0.522. The van der Waals surface area contributed by atoms with Gasteiger partial charge in [0, 0.05) is 12.7 Å². The Labute approximate surface area is 95.8 Å². The van der Waals surface area contributed by atoms with E-state index in [1.807, 2.05) is 6.20 Å². The van der Waals surface area contributed by atoms with Crippen molar-refractivity contribution in [1.29, 1.82) is 0 Å². The Kier molecular flexibility index (Phi) is 5.53. The van der Waals surface area contributed by atoms with Gasteiger partial charge in [-0.15, -0.1) is 5.10 Å². The minimum atomic E-state index is -0.247. The standard InChI is InChI=1S/C11H19N3O2/c1-3-5-6-7-14-9-10(12-13-14)8-11(15)16-4-2/h9H,3-8H2,1-2H3. The van der Waals surface area contributed by atoms with Gasteiger partial charge in [-0.1, -0.05) is 25.0 Å². The van der Waals surface area contributed by atoms with E-state index in [1.165, 1.54) is 12.8 Å². The van der Waals surface area contributed by atoms with Gasteiger partial charge in [0.2, 0.25) is 0 Å². The van der Waals surface area contributed by atoms with Crippen molar-refractivity contribution in [1.82, 2.24) is 15.0 Å². The van der Waals surface area contributed by atoms with Crippen molar-refractivity contribution < 1.29 is 9.53 Å². The monoisotopic (exact) mass is 225 g/mol. The highest BCUT2D eigenvalue weighted by Crippen LogP contribution is 2.00. The highest BCUT2D eigenvalue weighted by atomic mass is 16.5. The van der Waals surface area contributed by atoms with Crippen molar-refractivity contribution in [2.24, 2.45) is 0 Å². The van der Waals surface area contributed by atoms with E-state index in [2.05, 4.69) is 17.2 Å². The Morgan fingerprint density at radius 3 is 2.94 bits per heavy atom. The fraction of sp³-hybridized carbons (Fsp3) is 0.727. The number of aromatic nitrogens is 3. The number of ether oxygens (including phenoxy) is 1. The normalized spacial score (nSPS) is 10.4. The summed E-state index contributed by atoms with van der Waals surface area (Å²) in [5.41, 5.74) is 0.676. The molecule has 0 spiro atoms. The number of hydrogen-bond acceptors (Lipinski definition) is 4. The first-order valence-electron chi connectivity index (χ1n) is 5.80. The van der Waals surface area contributed by atoms with Gasteiger partial charge in [0.15, 0.2) is 0 Å². The molecule has 0 radical (unpaired) electrons. The Morgan fingerprint density at radius 1 is 1.44 bits per heavy atom. The van der Waals surface area contributed by atoms with Gasteiger partial charge >= 0.3 is 5.97 Å². The predicted molar refractivity (Wildman–Crippen MR) is 59.9 cm³/mol. The van der Waals surface area contributed by atoms with E-state index in [9.17, 15) is 4.79 Å². The third kappa shape index (κ3) is 4.42. The van der Waals surface area contributed by atoms with Crippen molar-refractivity contribution in [3.05, 3.63) is 11.9 Å². The van der Waals surface area contributed by atoms with Crippen LogP contribution in [0.2, 0.25) is 0 Å². The molecule has 0 saturated carbocycles. The van der Waals surface area contributed by atoms with E-state index >= 15 is 0 Å². The van der Waals surface area contributed by atoms with Crippen LogP contribution in [-0.4, -0.2) is 27.6 Å². The third-order valence-corrected chi connectivity index (χ3v) is 2.21. The van der Waals surface area contributed by atoms with Crippen molar-refractivity contribution in [3.8, 4) is 0 Å². The zero-order valence-corrected chi connectivity index (χ0v) is 9.98. The molecule has 0 atom stereocenters. The predicted octanol–water partition coefficient (Wildman–Crippen LogP) is 1.57. The molecule has 0 amide bonds. The van der Waals surface area contributed by atoms with E-state index in [-0.39, 0.29) is 12.4 Å². The van der Waals surface area contributed by atoms with Gasteiger partial charge in [-0.05, 0) is 13.3 Å². The van der Waals surface area contributed by atoms with Crippen LogP contribution < -0.4 is 0 Å². The molecule has 5 heteroatoms. The van der Waals surface area contributed by atoms with Gasteiger partial charge in [-0.25, -0.2) is 0 Å². The van der Waals surface area contributed by atoms with Gasteiger partial charge in [-0.2, -0.15) is 0 Å². The van der Waals surface area contributed by atoms with Crippen LogP contribution in [0, 0.1) is 0 Å². The molecule has 5 nitrogen and oxygen atoms in total. The first kappa shape index (κ1) is 12.7. The highest BCUT2D eigenvalue weighted by molar-refractivity contribution is 5.71. The molecular weight excluding hydrogens is 206 g/mol. The number of aryl methyl sites for hydroxylation is 1. The lowest BCUT2D eigenvalue weighted by molar-refractivity contribution is -0.142. The zero-order chi connectivity index (χ0) is 11.8. The molecule has 0 aliphatic carbocycles. The maximum absolute atomic E-state index is 11.2. The second kappa shape index (κ2) is 6.98. The van der Waals surface area contributed by atoms with Crippen LogP contribution in [0.25, 0.3) is 0 Å². The molecule has 0 N–H and O–H groups in total. The number of carbonyl (C=O) groups excluding carboxylic acids is 1. The summed E-state index contributed by atoms with van der Waals surface area (Å²) in [6.45, 7) is 5.22. The van der Waals surface area contributed by atoms with Crippen molar-refractivity contribution in [2.45, 2.75) is 46.1 Å². The minimum Gasteiger partial charge on any atom is -0.466 e. The van der Waals surface area contributed by atoms with Crippen molar-refractivity contribution in [2.75, 3.05) is 6.61 Å². The molecule has 90 valence electrons. The first-order valence-corrected chi connectivity index (χ1v) is 5.80. The van der Waals surface area contributed by atoms with Crippen molar-refractivity contribution in [3.63, 3.8) is 0 Å². The van der Waals surface area contributed by atoms with Crippen LogP contribution in [0.5, 0.6) is 0 Å². The number of hydrogen-bond donors (Lipinski definition) is 0. The Bertz CT molecular complexity index is 323. The first-order chi connectivity index (χ1) is 7.76. The summed E-state index contributed by atoms with van der Waals surface area (Å²) >= 11 is 0. The summed E-state index contributed by atoms with van der Waals surface area (Å²) < 4.78 is 6.62. The molecule has 0 unspecified atom stereocenters. The van der Waals surface area contributed by atoms with Gasteiger partial charge in [-0.3, -0.25) is 9.48 Å². The van der Waals surface area contributed by atoms with E-state index in [0.717, 1.165) is 13.0 Å². The Morgan fingerprint density at radius 2 is 2.25 bits per heavy atom. The van der Waals surface area contributed by atoms with Gasteiger partial charge < -0.3 is 4.74 Å². The lowest BCUT2D eigenvalue weighted by Crippen LogP contribution is -2.07. The average Bonchev–Trinajstić information content (AvgIpc) is 2.66. The number of esters is 1. The fourth-order valence-corrected chi connectivity index (χ4v) is 1.41. The summed E-state index contributed by atoms with van der Waals surface area (Å²) in [5, 5.41) is 7.89. The summed E-state index contributed by atoms with van der Waals surface area (Å²) in [5.74, 6) is -0.247. The van der Waals surface area contributed by atoms with Crippen molar-refractivity contribution >= 4 is 5.97 Å². The molecule has 0 aromatic carbocycles. The average molecular weight is 225 g/mol. The van der Waals surface area contributed by atoms with Crippen LogP contribution in [0.1, 0.15) is 38.8 Å². The van der Waals surface area contributed by atoms with Crippen LogP contribution in [0.15, 0.2) is 6.20 Å². The second-order valence-electron chi connectivity index (χ2n) is 3.66. The lowest BCUT2D eigenvalue weighted by Gasteiger charge is -1.98. The van der Waals surface area contributed by atoms with Crippen LogP contribution in [-0.2, 0) is 22.5 Å². The molecule has 1 heterocycles. The third-order valence-electron chi connectivity index (χ3n) is 2.21. The molecule has 1 aromatic rings. The number of nitrogens with zero attached hydrogens (tertiary/aromatic N) is 3. The molecule has 0 aliphatic heterocycles. The van der Waals surface area contributed by atoms with Gasteiger partial charge in [0.05, 0.1) is 18.7 Å². The second-order valence-corrected chi connectivity index (χ2v) is 3.66. The summed E-state index contributed by atoms with van der Waals surface area (Å²) in [6.07, 6.45) is 5.49. The Balaban J connectivity index is 2.36. The number of carbonyl (C=O) groups is 1. The van der Waals surface area contributed by atoms with Gasteiger partial charge in [0.25, 0.3) is 0 Å². The van der Waals surface area contributed by atoms with Crippen LogP contribution in [0.4, 0.5) is 0 Å². The van der Waals surface area contributed by atoms with Crippen LogP contribution in [0.3, 0.4) is 0 Å². The maximum Gasteiger partial charge on any atom is 0.311 e. The molecule has 16 heavy (non-hydrogen) atoms. The summed E-state index contributed by atoms with van der Waals surface area (Å²) in [7, 11) is 0. The maximum atomic E-state index is 11.2. The largest absolute Gasteiger partial charge is 0.466 e. The summed E-state index contributed by atoms with van der Waals surface area (Å²) in [6, 6.07) is 0. The minimum absolute atomic E-state index is 0.210. The topological polar surface area (TPSA) is 57.0 Å². The molecular formula is C11H19N3O2. The fourth-order valence-electron chi connectivity index (χ4n) is 1.41. The highest BCUT2D eigenvalue weighted by Gasteiger charge is 2.07. The lowest BCUT2D eigenvalue weighted by atomic mass is 10.2. The van der Waals surface area contributed by atoms with E-state index in [1.54, 1.807) is 11.6 Å². The molecule has 0 aliphatic rings. The molecule has 0 saturated heterocycles. The number of rotatable bonds is 7. The molecule has 1 rings (SSSR count). The SMILES string of the molecule is CCCCCn1cc(CC(=O)OCC)nn1. The smallest absolute Gasteiger partial charge is 0.311 e. The summed E-state index contributed by atoms with van der Waals surface area (Å²) in [4.78, 5) is 11.2.